The number of aliphatic hydroxyl groups excluding tert-OH is 1. The average molecular weight is 394 g/mol. The summed E-state index contributed by atoms with van der Waals surface area (Å²) >= 11 is 0. The fourth-order valence-corrected chi connectivity index (χ4v) is 2.96. The number of aliphatic hydroxyl groups is 1. The second kappa shape index (κ2) is 10.5. The molecule has 0 saturated heterocycles. The third kappa shape index (κ3) is 5.47. The average Bonchev–Trinajstić information content (AvgIpc) is 3.41. The zero-order chi connectivity index (χ0) is 20.5. The molecule has 0 spiro atoms. The zero-order valence-electron chi connectivity index (χ0n) is 16.5. The number of nitrogens with zero attached hydrogens (tertiary/aromatic N) is 3. The van der Waals surface area contributed by atoms with Crippen molar-refractivity contribution in [3.63, 3.8) is 0 Å². The Balaban J connectivity index is 1.65. The lowest BCUT2D eigenvalue weighted by molar-refractivity contribution is 0.253. The molecule has 2 heterocycles. The predicted octanol–water partition coefficient (Wildman–Crippen LogP) is 2.53. The van der Waals surface area contributed by atoms with Gasteiger partial charge in [0.1, 0.15) is 17.3 Å². The number of hydrogen-bond donors (Lipinski definition) is 2. The Morgan fingerprint density at radius 2 is 2.07 bits per heavy atom. The molecule has 0 aliphatic rings. The molecule has 0 aliphatic heterocycles. The van der Waals surface area contributed by atoms with Gasteiger partial charge in [-0.2, -0.15) is 0 Å². The summed E-state index contributed by atoms with van der Waals surface area (Å²) in [6.07, 6.45) is 6.06. The molecule has 0 radical (unpaired) electrons. The number of benzene rings is 1. The number of rotatable bonds is 9. The van der Waals surface area contributed by atoms with E-state index in [9.17, 15) is 0 Å². The lowest BCUT2D eigenvalue weighted by Gasteiger charge is -2.15. The molecule has 2 aromatic heterocycles. The lowest BCUT2D eigenvalue weighted by Crippen LogP contribution is -2.22. The minimum atomic E-state index is -0.131. The highest BCUT2D eigenvalue weighted by atomic mass is 16.5. The molecular formula is C22H26N4O3. The second-order valence-corrected chi connectivity index (χ2v) is 6.53. The Hall–Kier alpha value is -3.08. The Morgan fingerprint density at radius 3 is 2.79 bits per heavy atom. The van der Waals surface area contributed by atoms with Crippen LogP contribution in [-0.4, -0.2) is 39.6 Å². The summed E-state index contributed by atoms with van der Waals surface area (Å²) in [5, 5.41) is 12.9. The van der Waals surface area contributed by atoms with Crippen LogP contribution in [0.25, 0.3) is 0 Å². The van der Waals surface area contributed by atoms with Crippen LogP contribution in [0.4, 0.5) is 0 Å². The molecule has 3 rings (SSSR count). The van der Waals surface area contributed by atoms with E-state index in [1.807, 2.05) is 41.1 Å². The van der Waals surface area contributed by atoms with Crippen LogP contribution in [-0.2, 0) is 6.42 Å². The molecule has 0 bridgehead atoms. The maximum absolute atomic E-state index is 8.78. The summed E-state index contributed by atoms with van der Waals surface area (Å²) in [5.41, 5.74) is 7.55. The highest BCUT2D eigenvalue weighted by Crippen LogP contribution is 2.19. The monoisotopic (exact) mass is 394 g/mol. The Labute approximate surface area is 170 Å². The minimum Gasteiger partial charge on any atom is -0.494 e. The molecule has 152 valence electrons. The van der Waals surface area contributed by atoms with E-state index in [4.69, 9.17) is 20.1 Å². The summed E-state index contributed by atoms with van der Waals surface area (Å²) in [6.45, 7) is 3.22. The maximum Gasteiger partial charge on any atom is 0.210 e. The van der Waals surface area contributed by atoms with E-state index in [0.717, 1.165) is 42.1 Å². The summed E-state index contributed by atoms with van der Waals surface area (Å²) in [4.78, 5) is 4.35. The first-order chi connectivity index (χ1) is 14.2. The number of aryl methyl sites for hydroxylation is 1. The highest BCUT2D eigenvalue weighted by Gasteiger charge is 2.18. The normalized spacial score (nSPS) is 11.7. The van der Waals surface area contributed by atoms with Crippen molar-refractivity contribution in [1.82, 2.24) is 14.7 Å². The van der Waals surface area contributed by atoms with Gasteiger partial charge in [0, 0.05) is 43.6 Å². The number of hydrogen-bond acceptors (Lipinski definition) is 6. The van der Waals surface area contributed by atoms with E-state index in [2.05, 4.69) is 28.9 Å². The van der Waals surface area contributed by atoms with Gasteiger partial charge in [-0.15, -0.1) is 0 Å². The molecular weight excluding hydrogens is 368 g/mol. The van der Waals surface area contributed by atoms with E-state index < -0.39 is 0 Å². The van der Waals surface area contributed by atoms with Crippen molar-refractivity contribution < 1.29 is 14.4 Å². The quantitative estimate of drug-likeness (QED) is 0.427. The Bertz CT molecular complexity index is 950. The molecule has 3 N–H and O–H groups in total. The smallest absolute Gasteiger partial charge is 0.210 e. The van der Waals surface area contributed by atoms with Gasteiger partial charge < -0.3 is 24.7 Å². The maximum atomic E-state index is 8.78. The lowest BCUT2D eigenvalue weighted by atomic mass is 10.2. The summed E-state index contributed by atoms with van der Waals surface area (Å²) in [6, 6.07) is 9.24. The Kier molecular flexibility index (Phi) is 7.45. The van der Waals surface area contributed by atoms with Crippen LogP contribution in [0.1, 0.15) is 48.6 Å². The van der Waals surface area contributed by atoms with E-state index in [-0.39, 0.29) is 12.6 Å². The third-order valence-electron chi connectivity index (χ3n) is 4.50. The minimum absolute atomic E-state index is 0.131. The first kappa shape index (κ1) is 20.6. The molecule has 7 nitrogen and oxygen atoms in total. The molecule has 0 unspecified atom stereocenters. The first-order valence-electron chi connectivity index (χ1n) is 9.79. The van der Waals surface area contributed by atoms with Crippen molar-refractivity contribution in [3.8, 4) is 17.6 Å². The molecule has 7 heteroatoms. The predicted molar refractivity (Wildman–Crippen MR) is 110 cm³/mol. The fraction of sp³-hybridized carbons (Fsp3) is 0.364. The van der Waals surface area contributed by atoms with Gasteiger partial charge in [-0.25, -0.2) is 4.98 Å². The van der Waals surface area contributed by atoms with Gasteiger partial charge in [0.2, 0.25) is 5.76 Å². The number of unbranched alkanes of at least 4 members (excludes halogenated alkanes) is 1. The number of nitrogens with two attached hydrogens (primary N) is 1. The van der Waals surface area contributed by atoms with Crippen molar-refractivity contribution in [2.45, 2.75) is 32.2 Å². The van der Waals surface area contributed by atoms with Crippen LogP contribution in [0.5, 0.6) is 5.75 Å². The molecule has 0 saturated carbocycles. The van der Waals surface area contributed by atoms with Crippen molar-refractivity contribution in [3.05, 3.63) is 65.6 Å². The highest BCUT2D eigenvalue weighted by molar-refractivity contribution is 5.42. The molecule has 29 heavy (non-hydrogen) atoms. The number of imidazole rings is 1. The van der Waals surface area contributed by atoms with Crippen LogP contribution in [0.2, 0.25) is 0 Å². The van der Waals surface area contributed by atoms with Gasteiger partial charge in [-0.05, 0) is 43.0 Å². The van der Waals surface area contributed by atoms with Crippen molar-refractivity contribution in [1.29, 1.82) is 0 Å². The molecule has 1 aromatic carbocycles. The van der Waals surface area contributed by atoms with Crippen LogP contribution < -0.4 is 10.5 Å². The van der Waals surface area contributed by atoms with E-state index in [0.29, 0.717) is 18.9 Å². The van der Waals surface area contributed by atoms with Crippen molar-refractivity contribution in [2.24, 2.45) is 5.73 Å². The standard InChI is InChI=1S/C22H26N4O3/c1-2-22-24-11-12-26(22)21(16-23)20-15-19(29-25-20)10-7-17-5-8-18(9-6-17)28-14-4-3-13-27/h5-6,8-9,11-12,15,21,27H,2-4,13-14,16,23H2,1H3/t21-/m1/s1. The van der Waals surface area contributed by atoms with E-state index in [1.54, 1.807) is 6.20 Å². The van der Waals surface area contributed by atoms with Crippen LogP contribution in [0.3, 0.4) is 0 Å². The topological polar surface area (TPSA) is 99.3 Å². The van der Waals surface area contributed by atoms with E-state index >= 15 is 0 Å². The summed E-state index contributed by atoms with van der Waals surface area (Å²) in [7, 11) is 0. The molecule has 1 atom stereocenters. The van der Waals surface area contributed by atoms with E-state index in [1.165, 1.54) is 0 Å². The van der Waals surface area contributed by atoms with Gasteiger partial charge in [-0.1, -0.05) is 18.0 Å². The molecule has 0 aliphatic carbocycles. The Morgan fingerprint density at radius 1 is 1.24 bits per heavy atom. The molecule has 0 fully saturated rings. The number of aromatic nitrogens is 3. The van der Waals surface area contributed by atoms with Gasteiger partial charge >= 0.3 is 0 Å². The molecule has 0 amide bonds. The zero-order valence-corrected chi connectivity index (χ0v) is 16.5. The van der Waals surface area contributed by atoms with Crippen LogP contribution in [0, 0.1) is 11.8 Å². The molecule has 3 aromatic rings. The van der Waals surface area contributed by atoms with Crippen molar-refractivity contribution >= 4 is 0 Å². The fourth-order valence-electron chi connectivity index (χ4n) is 2.96. The SMILES string of the molecule is CCc1nccn1[C@H](CN)c1cc(C#Cc2ccc(OCCCCO)cc2)on1. The summed E-state index contributed by atoms with van der Waals surface area (Å²) < 4.78 is 13.0. The third-order valence-corrected chi connectivity index (χ3v) is 4.50. The van der Waals surface area contributed by atoms with Gasteiger partial charge in [0.05, 0.1) is 12.6 Å². The van der Waals surface area contributed by atoms with Crippen LogP contribution in [0.15, 0.2) is 47.2 Å². The van der Waals surface area contributed by atoms with Gasteiger partial charge in [0.15, 0.2) is 0 Å². The number of ether oxygens (including phenoxy) is 1. The second-order valence-electron chi connectivity index (χ2n) is 6.53. The van der Waals surface area contributed by atoms with Gasteiger partial charge in [0.25, 0.3) is 0 Å². The first-order valence-corrected chi connectivity index (χ1v) is 9.79. The summed E-state index contributed by atoms with van der Waals surface area (Å²) in [5.74, 6) is 8.30. The van der Waals surface area contributed by atoms with Crippen molar-refractivity contribution in [2.75, 3.05) is 19.8 Å². The largest absolute Gasteiger partial charge is 0.494 e. The van der Waals surface area contributed by atoms with Gasteiger partial charge in [-0.3, -0.25) is 0 Å². The van der Waals surface area contributed by atoms with Crippen LogP contribution >= 0.6 is 0 Å².